The Morgan fingerprint density at radius 2 is 2.11 bits per heavy atom. The monoisotopic (exact) mass is 237 g/mol. The molecule has 0 bridgehead atoms. The minimum absolute atomic E-state index is 0.0857. The molecule has 1 aromatic rings. The number of hydrogen-bond donors (Lipinski definition) is 0. The number of nitriles is 1. The van der Waals surface area contributed by atoms with E-state index in [0.29, 0.717) is 0 Å². The molecule has 0 radical (unpaired) electrons. The van der Waals surface area contributed by atoms with Crippen LogP contribution in [0.3, 0.4) is 0 Å². The fourth-order valence-electron chi connectivity index (χ4n) is 1.16. The van der Waals surface area contributed by atoms with Crippen molar-refractivity contribution in [3.63, 3.8) is 0 Å². The zero-order chi connectivity index (χ0) is 13.2. The van der Waals surface area contributed by atoms with Crippen molar-refractivity contribution in [3.05, 3.63) is 53.6 Å². The largest absolute Gasteiger partial charge is 0.448 e. The molecular weight excluding hydrogens is 226 g/mol. The molecule has 0 N–H and O–H groups in total. The number of carbonyl (C=O) groups is 1. The number of carbonyl (C=O) groups excluding carboxylic acids is 1. The molecule has 0 saturated heterocycles. The minimum Gasteiger partial charge on any atom is -0.448 e. The molecular formula is C15H11NO2. The van der Waals surface area contributed by atoms with Gasteiger partial charge in [0, 0.05) is 0 Å². The average Bonchev–Trinajstić information content (AvgIpc) is 2.42. The summed E-state index contributed by atoms with van der Waals surface area (Å²) in [5.41, 5.74) is 0.889. The Kier molecular flexibility index (Phi) is 5.53. The highest BCUT2D eigenvalue weighted by Crippen LogP contribution is 2.03. The van der Waals surface area contributed by atoms with Crippen LogP contribution in [0.15, 0.2) is 48.1 Å². The first-order valence-corrected chi connectivity index (χ1v) is 5.22. The molecule has 3 nitrogen and oxygen atoms in total. The van der Waals surface area contributed by atoms with Crippen LogP contribution in [0.4, 0.5) is 0 Å². The van der Waals surface area contributed by atoms with Crippen molar-refractivity contribution in [1.29, 1.82) is 5.26 Å². The van der Waals surface area contributed by atoms with Gasteiger partial charge in [0.25, 0.3) is 0 Å². The van der Waals surface area contributed by atoms with Gasteiger partial charge in [-0.1, -0.05) is 48.4 Å². The minimum atomic E-state index is -0.715. The van der Waals surface area contributed by atoms with Crippen LogP contribution in [-0.4, -0.2) is 12.6 Å². The van der Waals surface area contributed by atoms with Crippen LogP contribution in [0.5, 0.6) is 0 Å². The molecule has 0 fully saturated rings. The summed E-state index contributed by atoms with van der Waals surface area (Å²) in [6, 6.07) is 11.3. The highest BCUT2D eigenvalue weighted by atomic mass is 16.5. The predicted octanol–water partition coefficient (Wildman–Crippen LogP) is 2.33. The third kappa shape index (κ3) is 4.38. The zero-order valence-electron chi connectivity index (χ0n) is 9.67. The highest BCUT2D eigenvalue weighted by molar-refractivity contribution is 5.93. The number of esters is 1. The molecule has 1 rings (SSSR count). The van der Waals surface area contributed by atoms with E-state index in [-0.39, 0.29) is 12.2 Å². The summed E-state index contributed by atoms with van der Waals surface area (Å²) < 4.78 is 4.65. The quantitative estimate of drug-likeness (QED) is 0.265. The third-order valence-electron chi connectivity index (χ3n) is 1.98. The van der Waals surface area contributed by atoms with Gasteiger partial charge in [-0.2, -0.15) is 5.26 Å². The van der Waals surface area contributed by atoms with Crippen molar-refractivity contribution in [2.75, 3.05) is 6.61 Å². The SMILES string of the molecule is C#CCOC(=O)C(C#N)=CC=Cc1ccccc1. The van der Waals surface area contributed by atoms with Gasteiger partial charge in [0.15, 0.2) is 6.61 Å². The van der Waals surface area contributed by atoms with Gasteiger partial charge in [0.1, 0.15) is 11.6 Å². The number of ether oxygens (including phenoxy) is 1. The lowest BCUT2D eigenvalue weighted by Gasteiger charge is -1.96. The van der Waals surface area contributed by atoms with E-state index in [1.165, 1.54) is 6.08 Å². The fraction of sp³-hybridized carbons (Fsp3) is 0.0667. The lowest BCUT2D eigenvalue weighted by atomic mass is 10.2. The van der Waals surface area contributed by atoms with E-state index < -0.39 is 5.97 Å². The summed E-state index contributed by atoms with van der Waals surface area (Å²) in [6.45, 7) is -0.139. The van der Waals surface area contributed by atoms with E-state index in [9.17, 15) is 4.79 Å². The van der Waals surface area contributed by atoms with Crippen LogP contribution in [0.25, 0.3) is 6.08 Å². The van der Waals surface area contributed by atoms with Crippen LogP contribution in [-0.2, 0) is 9.53 Å². The number of rotatable bonds is 4. The van der Waals surface area contributed by atoms with Crippen molar-refractivity contribution in [2.24, 2.45) is 0 Å². The summed E-state index contributed by atoms with van der Waals surface area (Å²) in [6.07, 6.45) is 9.75. The van der Waals surface area contributed by atoms with Gasteiger partial charge in [-0.25, -0.2) is 4.79 Å². The first kappa shape index (κ1) is 13.3. The predicted molar refractivity (Wildman–Crippen MR) is 69.0 cm³/mol. The Hall–Kier alpha value is -2.78. The lowest BCUT2D eigenvalue weighted by molar-refractivity contribution is -0.137. The normalized spacial score (nSPS) is 10.7. The van der Waals surface area contributed by atoms with Gasteiger partial charge in [0.05, 0.1) is 0 Å². The summed E-state index contributed by atoms with van der Waals surface area (Å²) in [4.78, 5) is 11.3. The molecule has 0 aliphatic carbocycles. The van der Waals surface area contributed by atoms with E-state index in [4.69, 9.17) is 11.7 Å². The Bertz CT molecular complexity index is 542. The van der Waals surface area contributed by atoms with Crippen molar-refractivity contribution in [3.8, 4) is 18.4 Å². The molecule has 0 atom stereocenters. The molecule has 1 aromatic carbocycles. The summed E-state index contributed by atoms with van der Waals surface area (Å²) in [5.74, 6) is 1.45. The number of allylic oxidation sites excluding steroid dienone is 2. The van der Waals surface area contributed by atoms with Crippen molar-refractivity contribution in [1.82, 2.24) is 0 Å². The summed E-state index contributed by atoms with van der Waals surface area (Å²) in [7, 11) is 0. The molecule has 88 valence electrons. The second-order valence-corrected chi connectivity index (χ2v) is 3.24. The molecule has 0 saturated carbocycles. The van der Waals surface area contributed by atoms with Gasteiger partial charge in [-0.05, 0) is 11.6 Å². The zero-order valence-corrected chi connectivity index (χ0v) is 9.67. The van der Waals surface area contributed by atoms with Crippen LogP contribution < -0.4 is 0 Å². The van der Waals surface area contributed by atoms with Gasteiger partial charge in [-0.3, -0.25) is 0 Å². The van der Waals surface area contributed by atoms with Crippen molar-refractivity contribution >= 4 is 12.0 Å². The van der Waals surface area contributed by atoms with Gasteiger partial charge in [-0.15, -0.1) is 6.42 Å². The number of benzene rings is 1. The van der Waals surface area contributed by atoms with Crippen LogP contribution in [0.2, 0.25) is 0 Å². The maximum atomic E-state index is 11.3. The van der Waals surface area contributed by atoms with Crippen molar-refractivity contribution < 1.29 is 9.53 Å². The lowest BCUT2D eigenvalue weighted by Crippen LogP contribution is -2.06. The molecule has 0 spiro atoms. The van der Waals surface area contributed by atoms with Crippen LogP contribution in [0.1, 0.15) is 5.56 Å². The Balaban J connectivity index is 2.70. The smallest absolute Gasteiger partial charge is 0.349 e. The van der Waals surface area contributed by atoms with Gasteiger partial charge >= 0.3 is 5.97 Å². The highest BCUT2D eigenvalue weighted by Gasteiger charge is 2.07. The van der Waals surface area contributed by atoms with E-state index >= 15 is 0 Å². The number of hydrogen-bond acceptors (Lipinski definition) is 3. The maximum absolute atomic E-state index is 11.3. The number of nitrogens with zero attached hydrogens (tertiary/aromatic N) is 1. The molecule has 0 aromatic heterocycles. The molecule has 0 aliphatic heterocycles. The van der Waals surface area contributed by atoms with E-state index in [0.717, 1.165) is 5.56 Å². The standard InChI is InChI=1S/C15H11NO2/c1-2-11-18-15(17)14(12-16)10-6-9-13-7-4-3-5-8-13/h1,3-10H,11H2. The Labute approximate surface area is 106 Å². The Morgan fingerprint density at radius 1 is 1.39 bits per heavy atom. The van der Waals surface area contributed by atoms with E-state index in [2.05, 4.69) is 10.7 Å². The topological polar surface area (TPSA) is 50.1 Å². The molecule has 18 heavy (non-hydrogen) atoms. The molecule has 0 aliphatic rings. The van der Waals surface area contributed by atoms with Crippen molar-refractivity contribution in [2.45, 2.75) is 0 Å². The third-order valence-corrected chi connectivity index (χ3v) is 1.98. The average molecular weight is 237 g/mol. The molecule has 0 heterocycles. The molecule has 0 amide bonds. The molecule has 0 unspecified atom stereocenters. The fourth-order valence-corrected chi connectivity index (χ4v) is 1.16. The van der Waals surface area contributed by atoms with E-state index in [1.54, 1.807) is 18.2 Å². The second kappa shape index (κ2) is 7.49. The molecule has 3 heteroatoms. The van der Waals surface area contributed by atoms with Gasteiger partial charge < -0.3 is 4.74 Å². The van der Waals surface area contributed by atoms with Crippen LogP contribution >= 0.6 is 0 Å². The summed E-state index contributed by atoms with van der Waals surface area (Å²) in [5, 5.41) is 8.79. The van der Waals surface area contributed by atoms with Gasteiger partial charge in [0.2, 0.25) is 0 Å². The summed E-state index contributed by atoms with van der Waals surface area (Å²) >= 11 is 0. The maximum Gasteiger partial charge on any atom is 0.349 e. The number of terminal acetylenes is 1. The van der Waals surface area contributed by atoms with Crippen LogP contribution in [0, 0.1) is 23.7 Å². The first-order valence-electron chi connectivity index (χ1n) is 5.22. The van der Waals surface area contributed by atoms with E-state index in [1.807, 2.05) is 30.3 Å². The second-order valence-electron chi connectivity index (χ2n) is 3.24. The first-order chi connectivity index (χ1) is 8.77. The Morgan fingerprint density at radius 3 is 2.72 bits per heavy atom.